The molecule has 0 saturated carbocycles. The smallest absolute Gasteiger partial charge is 0.397 e. The maximum Gasteiger partial charge on any atom is 0.397 e. The zero-order chi connectivity index (χ0) is 17.1. The monoisotopic (exact) mass is 340 g/mol. The maximum atomic E-state index is 12.2. The summed E-state index contributed by atoms with van der Waals surface area (Å²) in [5.41, 5.74) is 1.99. The van der Waals surface area contributed by atoms with Gasteiger partial charge in [0, 0.05) is 17.1 Å². The van der Waals surface area contributed by atoms with Gasteiger partial charge in [0.1, 0.15) is 6.10 Å². The quantitative estimate of drug-likeness (QED) is 0.456. The molecule has 23 heavy (non-hydrogen) atoms. The molecular formula is C15H16O7S. The van der Waals surface area contributed by atoms with Crippen LogP contribution in [0.4, 0.5) is 0 Å². The second-order valence-electron chi connectivity index (χ2n) is 6.11. The normalized spacial score (nSPS) is 34.0. The lowest BCUT2D eigenvalue weighted by molar-refractivity contribution is -0.140. The summed E-state index contributed by atoms with van der Waals surface area (Å²) in [5.74, 6) is -2.01. The summed E-state index contributed by atoms with van der Waals surface area (Å²) in [6.07, 6.45) is -0.237. The third-order valence-corrected chi connectivity index (χ3v) is 5.12. The van der Waals surface area contributed by atoms with E-state index in [-0.39, 0.29) is 17.8 Å². The Morgan fingerprint density at radius 2 is 2.00 bits per heavy atom. The molecule has 0 radical (unpaired) electrons. The van der Waals surface area contributed by atoms with Gasteiger partial charge in [0.2, 0.25) is 0 Å². The van der Waals surface area contributed by atoms with Crippen LogP contribution in [0, 0.1) is 11.8 Å². The molecule has 7 nitrogen and oxygen atoms in total. The second kappa shape index (κ2) is 5.12. The molecule has 1 fully saturated rings. The summed E-state index contributed by atoms with van der Waals surface area (Å²) in [5, 5.41) is 0. The zero-order valence-corrected chi connectivity index (χ0v) is 13.4. The molecule has 1 N–H and O–H groups in total. The number of ketones is 1. The highest BCUT2D eigenvalue weighted by molar-refractivity contribution is 7.80. The fourth-order valence-electron chi connectivity index (χ4n) is 3.76. The Morgan fingerprint density at radius 3 is 2.61 bits per heavy atom. The van der Waals surface area contributed by atoms with Gasteiger partial charge in [-0.1, -0.05) is 17.7 Å². The minimum Gasteiger partial charge on any atom is -0.457 e. The SMILES string of the molecule is C=C1C(=O)OC2C3C(C)=CC(=O)C3=C(C)CC(OS(=O)(=O)O)C12. The first-order valence-electron chi connectivity index (χ1n) is 7.08. The van der Waals surface area contributed by atoms with E-state index in [0.717, 1.165) is 5.57 Å². The highest BCUT2D eigenvalue weighted by Crippen LogP contribution is 2.48. The Kier molecular flexibility index (Phi) is 3.58. The van der Waals surface area contributed by atoms with Crippen molar-refractivity contribution in [2.45, 2.75) is 32.5 Å². The van der Waals surface area contributed by atoms with Crippen molar-refractivity contribution in [2.75, 3.05) is 0 Å². The molecule has 0 bridgehead atoms. The molecule has 4 unspecified atom stereocenters. The maximum absolute atomic E-state index is 12.2. The van der Waals surface area contributed by atoms with Crippen molar-refractivity contribution >= 4 is 22.2 Å². The van der Waals surface area contributed by atoms with Gasteiger partial charge in [-0.3, -0.25) is 9.35 Å². The van der Waals surface area contributed by atoms with Crippen molar-refractivity contribution in [3.05, 3.63) is 34.9 Å². The molecule has 124 valence electrons. The largest absolute Gasteiger partial charge is 0.457 e. The minimum atomic E-state index is -4.72. The molecule has 8 heteroatoms. The average Bonchev–Trinajstić information content (AvgIpc) is 2.79. The number of ether oxygens (including phenoxy) is 1. The summed E-state index contributed by atoms with van der Waals surface area (Å²) < 4.78 is 41.5. The molecule has 3 aliphatic rings. The van der Waals surface area contributed by atoms with Crippen LogP contribution in [0.2, 0.25) is 0 Å². The Labute approximate surface area is 133 Å². The van der Waals surface area contributed by atoms with Gasteiger partial charge in [0.15, 0.2) is 5.78 Å². The molecule has 4 atom stereocenters. The van der Waals surface area contributed by atoms with E-state index < -0.39 is 40.4 Å². The lowest BCUT2D eigenvalue weighted by atomic mass is 9.82. The average molecular weight is 340 g/mol. The van der Waals surface area contributed by atoms with Gasteiger partial charge in [-0.15, -0.1) is 0 Å². The molecule has 1 heterocycles. The van der Waals surface area contributed by atoms with Crippen LogP contribution in [0.25, 0.3) is 0 Å². The van der Waals surface area contributed by atoms with Gasteiger partial charge in [0.25, 0.3) is 0 Å². The van der Waals surface area contributed by atoms with Crippen LogP contribution in [0.5, 0.6) is 0 Å². The molecule has 1 aliphatic heterocycles. The molecule has 0 spiro atoms. The van der Waals surface area contributed by atoms with E-state index in [4.69, 9.17) is 13.5 Å². The Hall–Kier alpha value is -1.77. The van der Waals surface area contributed by atoms with E-state index in [2.05, 4.69) is 6.58 Å². The van der Waals surface area contributed by atoms with Gasteiger partial charge in [-0.2, -0.15) is 8.42 Å². The van der Waals surface area contributed by atoms with Crippen LogP contribution in [0.3, 0.4) is 0 Å². The first-order valence-corrected chi connectivity index (χ1v) is 8.44. The number of rotatable bonds is 2. The van der Waals surface area contributed by atoms with Crippen molar-refractivity contribution in [3.63, 3.8) is 0 Å². The van der Waals surface area contributed by atoms with E-state index in [9.17, 15) is 18.0 Å². The van der Waals surface area contributed by atoms with Crippen molar-refractivity contribution in [2.24, 2.45) is 11.8 Å². The molecule has 1 saturated heterocycles. The second-order valence-corrected chi connectivity index (χ2v) is 7.16. The first kappa shape index (κ1) is 16.1. The zero-order valence-electron chi connectivity index (χ0n) is 12.6. The molecule has 0 aromatic rings. The molecule has 0 aromatic heterocycles. The Balaban J connectivity index is 2.12. The molecule has 3 rings (SSSR count). The Bertz CT molecular complexity index is 787. The van der Waals surface area contributed by atoms with E-state index in [0.29, 0.717) is 11.1 Å². The number of carbonyl (C=O) groups excluding carboxylic acids is 2. The predicted octanol–water partition coefficient (Wildman–Crippen LogP) is 1.14. The Morgan fingerprint density at radius 1 is 1.35 bits per heavy atom. The fraction of sp³-hybridized carbons (Fsp3) is 0.467. The van der Waals surface area contributed by atoms with Gasteiger partial charge < -0.3 is 4.74 Å². The third kappa shape index (κ3) is 2.56. The number of fused-ring (bicyclic) bond motifs is 3. The lowest BCUT2D eigenvalue weighted by Gasteiger charge is -2.26. The van der Waals surface area contributed by atoms with Crippen molar-refractivity contribution in [1.29, 1.82) is 0 Å². The van der Waals surface area contributed by atoms with Crippen LogP contribution in [-0.4, -0.2) is 36.9 Å². The van der Waals surface area contributed by atoms with Crippen molar-refractivity contribution in [3.8, 4) is 0 Å². The molecular weight excluding hydrogens is 324 g/mol. The summed E-state index contributed by atoms with van der Waals surface area (Å²) in [4.78, 5) is 24.1. The number of hydrogen-bond acceptors (Lipinski definition) is 6. The highest BCUT2D eigenvalue weighted by Gasteiger charge is 2.53. The number of esters is 1. The molecule has 2 aliphatic carbocycles. The van der Waals surface area contributed by atoms with Gasteiger partial charge >= 0.3 is 16.4 Å². The van der Waals surface area contributed by atoms with E-state index in [1.54, 1.807) is 13.8 Å². The third-order valence-electron chi connectivity index (χ3n) is 4.63. The lowest BCUT2D eigenvalue weighted by Crippen LogP contribution is -2.35. The summed E-state index contributed by atoms with van der Waals surface area (Å²) in [6.45, 7) is 7.14. The molecule has 0 amide bonds. The van der Waals surface area contributed by atoms with E-state index >= 15 is 0 Å². The number of carbonyl (C=O) groups is 2. The molecule has 0 aromatic carbocycles. The fourth-order valence-corrected chi connectivity index (χ4v) is 4.26. The van der Waals surface area contributed by atoms with Crippen molar-refractivity contribution in [1.82, 2.24) is 0 Å². The van der Waals surface area contributed by atoms with Gasteiger partial charge in [0.05, 0.1) is 12.0 Å². The van der Waals surface area contributed by atoms with Crippen LogP contribution in [0.1, 0.15) is 20.3 Å². The standard InChI is InChI=1S/C15H16O7S/c1-6-4-9(16)11-7(2)5-10(22-23(18,19)20)13-8(3)15(17)21-14(13)12(6)11/h4,10,12-14H,3,5H2,1-2H3,(H,18,19,20). The summed E-state index contributed by atoms with van der Waals surface area (Å²) in [6, 6.07) is 0. The predicted molar refractivity (Wildman–Crippen MR) is 78.5 cm³/mol. The van der Waals surface area contributed by atoms with Crippen LogP contribution >= 0.6 is 0 Å². The first-order chi connectivity index (χ1) is 10.6. The van der Waals surface area contributed by atoms with Gasteiger partial charge in [-0.05, 0) is 26.3 Å². The van der Waals surface area contributed by atoms with Gasteiger partial charge in [-0.25, -0.2) is 8.98 Å². The topological polar surface area (TPSA) is 107 Å². The van der Waals surface area contributed by atoms with Crippen LogP contribution in [-0.2, 0) is 28.9 Å². The summed E-state index contributed by atoms with van der Waals surface area (Å²) in [7, 11) is -4.72. The van der Waals surface area contributed by atoms with E-state index in [1.165, 1.54) is 6.08 Å². The van der Waals surface area contributed by atoms with Crippen molar-refractivity contribution < 1.29 is 31.5 Å². The van der Waals surface area contributed by atoms with E-state index in [1.807, 2.05) is 0 Å². The number of hydrogen-bond donors (Lipinski definition) is 1. The van der Waals surface area contributed by atoms with Crippen LogP contribution < -0.4 is 0 Å². The highest BCUT2D eigenvalue weighted by atomic mass is 32.3. The number of allylic oxidation sites excluding steroid dienone is 1. The van der Waals surface area contributed by atoms with Crippen LogP contribution in [0.15, 0.2) is 34.9 Å². The minimum absolute atomic E-state index is 0.0787. The summed E-state index contributed by atoms with van der Waals surface area (Å²) >= 11 is 0.